The first-order valence-electron chi connectivity index (χ1n) is 8.05. The third-order valence-corrected chi connectivity index (χ3v) is 3.93. The highest BCUT2D eigenvalue weighted by Crippen LogP contribution is 2.29. The minimum atomic E-state index is 0.530. The lowest BCUT2D eigenvalue weighted by Gasteiger charge is -2.16. The van der Waals surface area contributed by atoms with E-state index in [4.69, 9.17) is 21.7 Å². The van der Waals surface area contributed by atoms with E-state index in [-0.39, 0.29) is 0 Å². The van der Waals surface area contributed by atoms with Gasteiger partial charge in [0, 0.05) is 11.8 Å². The predicted molar refractivity (Wildman–Crippen MR) is 104 cm³/mol. The van der Waals surface area contributed by atoms with Crippen molar-refractivity contribution in [1.29, 1.82) is 0 Å². The van der Waals surface area contributed by atoms with Gasteiger partial charge in [-0.25, -0.2) is 0 Å². The summed E-state index contributed by atoms with van der Waals surface area (Å²) < 4.78 is 10.6. The Kier molecular flexibility index (Phi) is 6.88. The molecule has 0 aliphatic rings. The molecular formula is C19H24N2O2S. The standard InChI is InChI=1S/C19H24N2O2S/c1-4-5-8-14-9-6-7-10-16(14)20-19(24)21-17-12-11-15(22-2)13-18(17)23-3/h6-7,9-13H,4-5,8H2,1-3H3,(H2,20,21,24). The van der Waals surface area contributed by atoms with Gasteiger partial charge in [0.1, 0.15) is 11.5 Å². The number of benzene rings is 2. The second-order valence-corrected chi connectivity index (χ2v) is 5.81. The average molecular weight is 344 g/mol. The SMILES string of the molecule is CCCCc1ccccc1NC(=S)Nc1ccc(OC)cc1OC. The van der Waals surface area contributed by atoms with Gasteiger partial charge in [-0.15, -0.1) is 0 Å². The van der Waals surface area contributed by atoms with E-state index in [1.165, 1.54) is 12.0 Å². The maximum Gasteiger partial charge on any atom is 0.175 e. The Morgan fingerprint density at radius 2 is 1.75 bits per heavy atom. The Balaban J connectivity index is 2.09. The molecule has 0 spiro atoms. The molecule has 0 fully saturated rings. The molecule has 0 aliphatic heterocycles. The summed E-state index contributed by atoms with van der Waals surface area (Å²) in [4.78, 5) is 0. The van der Waals surface area contributed by atoms with Crippen molar-refractivity contribution in [3.05, 3.63) is 48.0 Å². The maximum atomic E-state index is 5.45. The van der Waals surface area contributed by atoms with E-state index in [1.807, 2.05) is 30.3 Å². The van der Waals surface area contributed by atoms with Crippen molar-refractivity contribution in [2.24, 2.45) is 0 Å². The van der Waals surface area contributed by atoms with E-state index in [2.05, 4.69) is 29.7 Å². The van der Waals surface area contributed by atoms with Gasteiger partial charge in [-0.05, 0) is 48.8 Å². The van der Waals surface area contributed by atoms with E-state index >= 15 is 0 Å². The van der Waals surface area contributed by atoms with Gasteiger partial charge in [0.15, 0.2) is 5.11 Å². The van der Waals surface area contributed by atoms with Gasteiger partial charge in [-0.3, -0.25) is 0 Å². The van der Waals surface area contributed by atoms with Gasteiger partial charge >= 0.3 is 0 Å². The van der Waals surface area contributed by atoms with Crippen LogP contribution < -0.4 is 20.1 Å². The van der Waals surface area contributed by atoms with Crippen LogP contribution in [0.3, 0.4) is 0 Å². The molecule has 0 saturated heterocycles. The molecule has 0 heterocycles. The Bertz CT molecular complexity index is 689. The molecule has 0 aliphatic carbocycles. The summed E-state index contributed by atoms with van der Waals surface area (Å²) in [6.07, 6.45) is 3.36. The molecule has 128 valence electrons. The molecule has 5 heteroatoms. The summed E-state index contributed by atoms with van der Waals surface area (Å²) in [6.45, 7) is 2.19. The first-order valence-corrected chi connectivity index (χ1v) is 8.46. The lowest BCUT2D eigenvalue weighted by Crippen LogP contribution is -2.20. The zero-order valence-corrected chi connectivity index (χ0v) is 15.2. The lowest BCUT2D eigenvalue weighted by atomic mass is 10.1. The van der Waals surface area contributed by atoms with Gasteiger partial charge in [0.25, 0.3) is 0 Å². The summed E-state index contributed by atoms with van der Waals surface area (Å²) in [6, 6.07) is 13.8. The minimum absolute atomic E-state index is 0.530. The van der Waals surface area contributed by atoms with Gasteiger partial charge in [-0.2, -0.15) is 0 Å². The first kappa shape index (κ1) is 18.1. The Morgan fingerprint density at radius 3 is 2.46 bits per heavy atom. The van der Waals surface area contributed by atoms with Gasteiger partial charge < -0.3 is 20.1 Å². The second kappa shape index (κ2) is 9.13. The molecule has 2 aromatic rings. The number of para-hydroxylation sites is 1. The van der Waals surface area contributed by atoms with Crippen LogP contribution in [0.25, 0.3) is 0 Å². The van der Waals surface area contributed by atoms with Crippen molar-refractivity contribution in [2.45, 2.75) is 26.2 Å². The Morgan fingerprint density at radius 1 is 1.00 bits per heavy atom. The van der Waals surface area contributed by atoms with Crippen molar-refractivity contribution in [2.75, 3.05) is 24.9 Å². The van der Waals surface area contributed by atoms with Crippen molar-refractivity contribution >= 4 is 28.7 Å². The third kappa shape index (κ3) is 4.86. The highest BCUT2D eigenvalue weighted by atomic mass is 32.1. The number of hydrogen-bond acceptors (Lipinski definition) is 3. The van der Waals surface area contributed by atoms with Crippen LogP contribution in [-0.2, 0) is 6.42 Å². The normalized spacial score (nSPS) is 10.1. The van der Waals surface area contributed by atoms with Crippen molar-refractivity contribution in [1.82, 2.24) is 0 Å². The van der Waals surface area contributed by atoms with Crippen LogP contribution in [0.1, 0.15) is 25.3 Å². The number of ether oxygens (including phenoxy) is 2. The monoisotopic (exact) mass is 344 g/mol. The lowest BCUT2D eigenvalue weighted by molar-refractivity contribution is 0.395. The summed E-state index contributed by atoms with van der Waals surface area (Å²) in [5.41, 5.74) is 3.10. The molecule has 2 aromatic carbocycles. The van der Waals surface area contributed by atoms with E-state index in [1.54, 1.807) is 14.2 Å². The Labute approximate surface area is 149 Å². The van der Waals surface area contributed by atoms with Crippen LogP contribution in [0, 0.1) is 0 Å². The summed E-state index contributed by atoms with van der Waals surface area (Å²) in [7, 11) is 3.25. The second-order valence-electron chi connectivity index (χ2n) is 5.41. The number of unbranched alkanes of at least 4 members (excludes halogenated alkanes) is 1. The number of anilines is 2. The van der Waals surface area contributed by atoms with Crippen molar-refractivity contribution in [3.8, 4) is 11.5 Å². The molecule has 0 unspecified atom stereocenters. The fraction of sp³-hybridized carbons (Fsp3) is 0.316. The van der Waals surface area contributed by atoms with E-state index in [9.17, 15) is 0 Å². The average Bonchev–Trinajstić information content (AvgIpc) is 2.61. The largest absolute Gasteiger partial charge is 0.497 e. The number of rotatable bonds is 7. The first-order chi connectivity index (χ1) is 11.7. The topological polar surface area (TPSA) is 42.5 Å². The molecule has 24 heavy (non-hydrogen) atoms. The number of methoxy groups -OCH3 is 2. The highest BCUT2D eigenvalue weighted by Gasteiger charge is 2.08. The molecule has 0 atom stereocenters. The molecular weight excluding hydrogens is 320 g/mol. The third-order valence-electron chi connectivity index (χ3n) is 3.72. The fourth-order valence-corrected chi connectivity index (χ4v) is 2.63. The molecule has 2 rings (SSSR count). The Hall–Kier alpha value is -2.27. The van der Waals surface area contributed by atoms with Crippen molar-refractivity contribution < 1.29 is 9.47 Å². The quantitative estimate of drug-likeness (QED) is 0.703. The smallest absolute Gasteiger partial charge is 0.175 e. The predicted octanol–water partition coefficient (Wildman–Crippen LogP) is 4.86. The van der Waals surface area contributed by atoms with Gasteiger partial charge in [-0.1, -0.05) is 31.5 Å². The van der Waals surface area contributed by atoms with Crippen LogP contribution >= 0.6 is 12.2 Å². The van der Waals surface area contributed by atoms with Gasteiger partial charge in [0.05, 0.1) is 19.9 Å². The maximum absolute atomic E-state index is 5.45. The number of aryl methyl sites for hydroxylation is 1. The zero-order valence-electron chi connectivity index (χ0n) is 14.4. The molecule has 2 N–H and O–H groups in total. The van der Waals surface area contributed by atoms with Gasteiger partial charge in [0.2, 0.25) is 0 Å². The number of hydrogen-bond donors (Lipinski definition) is 2. The summed E-state index contributed by atoms with van der Waals surface area (Å²) in [5.74, 6) is 1.42. The van der Waals surface area contributed by atoms with E-state index in [0.717, 1.165) is 30.0 Å². The molecule has 0 saturated carbocycles. The van der Waals surface area contributed by atoms with E-state index < -0.39 is 0 Å². The molecule has 0 bridgehead atoms. The van der Waals surface area contributed by atoms with Crippen molar-refractivity contribution in [3.63, 3.8) is 0 Å². The van der Waals surface area contributed by atoms with Crippen LogP contribution in [0.15, 0.2) is 42.5 Å². The molecule has 0 amide bonds. The van der Waals surface area contributed by atoms with Crippen LogP contribution in [0.2, 0.25) is 0 Å². The number of thiocarbonyl (C=S) groups is 1. The van der Waals surface area contributed by atoms with E-state index in [0.29, 0.717) is 10.9 Å². The summed E-state index contributed by atoms with van der Waals surface area (Å²) >= 11 is 5.45. The molecule has 4 nitrogen and oxygen atoms in total. The zero-order chi connectivity index (χ0) is 17.4. The minimum Gasteiger partial charge on any atom is -0.497 e. The molecule has 0 aromatic heterocycles. The fourth-order valence-electron chi connectivity index (χ4n) is 2.41. The highest BCUT2D eigenvalue weighted by molar-refractivity contribution is 7.80. The van der Waals surface area contributed by atoms with Crippen LogP contribution in [0.4, 0.5) is 11.4 Å². The molecule has 0 radical (unpaired) electrons. The van der Waals surface area contributed by atoms with Crippen LogP contribution in [-0.4, -0.2) is 19.3 Å². The number of nitrogens with one attached hydrogen (secondary N) is 2. The van der Waals surface area contributed by atoms with Crippen LogP contribution in [0.5, 0.6) is 11.5 Å². The summed E-state index contributed by atoms with van der Waals surface area (Å²) in [5, 5.41) is 7.00.